The van der Waals surface area contributed by atoms with Crippen LogP contribution in [0, 0.1) is 6.92 Å². The summed E-state index contributed by atoms with van der Waals surface area (Å²) < 4.78 is 7.95. The van der Waals surface area contributed by atoms with Crippen molar-refractivity contribution in [1.82, 2.24) is 14.5 Å². The van der Waals surface area contributed by atoms with Gasteiger partial charge in [-0.1, -0.05) is 42.1 Å². The Bertz CT molecular complexity index is 963. The molecule has 0 spiro atoms. The lowest BCUT2D eigenvalue weighted by atomic mass is 10.2. The van der Waals surface area contributed by atoms with Crippen molar-refractivity contribution in [3.05, 3.63) is 54.1 Å². The molecule has 5 nitrogen and oxygen atoms in total. The highest BCUT2D eigenvalue weighted by molar-refractivity contribution is 7.99. The van der Waals surface area contributed by atoms with Gasteiger partial charge in [-0.2, -0.15) is 0 Å². The first-order valence-electron chi connectivity index (χ1n) is 9.76. The largest absolute Gasteiger partial charge is 0.492 e. The van der Waals surface area contributed by atoms with Crippen molar-refractivity contribution >= 4 is 28.7 Å². The van der Waals surface area contributed by atoms with Gasteiger partial charge in [-0.25, -0.2) is 4.98 Å². The van der Waals surface area contributed by atoms with Crippen LogP contribution in [-0.4, -0.2) is 45.8 Å². The van der Waals surface area contributed by atoms with E-state index in [-0.39, 0.29) is 5.91 Å². The molecule has 0 radical (unpaired) electrons. The number of aromatic nitrogens is 2. The van der Waals surface area contributed by atoms with Crippen molar-refractivity contribution in [3.8, 4) is 5.75 Å². The molecule has 1 amide bonds. The first-order chi connectivity index (χ1) is 13.7. The molecule has 1 aliphatic heterocycles. The summed E-state index contributed by atoms with van der Waals surface area (Å²) in [5, 5.41) is 0.877. The predicted molar refractivity (Wildman–Crippen MR) is 113 cm³/mol. The molecular weight excluding hydrogens is 370 g/mol. The van der Waals surface area contributed by atoms with Crippen LogP contribution in [0.1, 0.15) is 18.4 Å². The molecule has 0 unspecified atom stereocenters. The van der Waals surface area contributed by atoms with E-state index in [1.165, 1.54) is 0 Å². The molecule has 0 bridgehead atoms. The molecule has 3 aromatic rings. The van der Waals surface area contributed by atoms with Gasteiger partial charge in [0.2, 0.25) is 5.91 Å². The van der Waals surface area contributed by atoms with Crippen molar-refractivity contribution in [2.24, 2.45) is 0 Å². The number of para-hydroxylation sites is 3. The van der Waals surface area contributed by atoms with E-state index in [4.69, 9.17) is 9.72 Å². The third kappa shape index (κ3) is 4.17. The van der Waals surface area contributed by atoms with Crippen LogP contribution in [0.5, 0.6) is 5.75 Å². The maximum absolute atomic E-state index is 12.7. The quantitative estimate of drug-likeness (QED) is 0.446. The highest BCUT2D eigenvalue weighted by Crippen LogP contribution is 2.25. The Hall–Kier alpha value is -2.47. The van der Waals surface area contributed by atoms with Crippen LogP contribution in [0.2, 0.25) is 0 Å². The Morgan fingerprint density at radius 1 is 1.11 bits per heavy atom. The second-order valence-corrected chi connectivity index (χ2v) is 8.08. The molecule has 1 aromatic heterocycles. The fourth-order valence-electron chi connectivity index (χ4n) is 3.52. The average molecular weight is 396 g/mol. The van der Waals surface area contributed by atoms with Crippen LogP contribution in [-0.2, 0) is 11.3 Å². The zero-order chi connectivity index (χ0) is 19.3. The average Bonchev–Trinajstić information content (AvgIpc) is 3.35. The Balaban J connectivity index is 1.45. The van der Waals surface area contributed by atoms with Crippen molar-refractivity contribution in [2.45, 2.75) is 31.5 Å². The number of benzene rings is 2. The summed E-state index contributed by atoms with van der Waals surface area (Å²) in [7, 11) is 0. The summed E-state index contributed by atoms with van der Waals surface area (Å²) in [4.78, 5) is 19.4. The van der Waals surface area contributed by atoms with Crippen LogP contribution >= 0.6 is 11.8 Å². The van der Waals surface area contributed by atoms with E-state index < -0.39 is 0 Å². The summed E-state index contributed by atoms with van der Waals surface area (Å²) in [5.41, 5.74) is 3.08. The number of nitrogens with zero attached hydrogens (tertiary/aromatic N) is 3. The van der Waals surface area contributed by atoms with Gasteiger partial charge in [0, 0.05) is 18.8 Å². The summed E-state index contributed by atoms with van der Waals surface area (Å²) in [6.07, 6.45) is 2.21. The molecule has 6 heteroatoms. The smallest absolute Gasteiger partial charge is 0.242 e. The van der Waals surface area contributed by atoms with E-state index in [1.54, 1.807) is 11.8 Å². The van der Waals surface area contributed by atoms with Gasteiger partial charge in [-0.3, -0.25) is 4.79 Å². The van der Waals surface area contributed by atoms with Gasteiger partial charge >= 0.3 is 0 Å². The number of hydrogen-bond acceptors (Lipinski definition) is 4. The maximum atomic E-state index is 12.7. The molecule has 0 saturated carbocycles. The molecule has 4 rings (SSSR count). The summed E-state index contributed by atoms with van der Waals surface area (Å²) >= 11 is 1.64. The molecular formula is C22H25N3O2S. The second-order valence-electron chi connectivity index (χ2n) is 7.02. The third-order valence-electron chi connectivity index (χ3n) is 5.04. The predicted octanol–water partition coefficient (Wildman–Crippen LogP) is 4.14. The Kier molecular flexibility index (Phi) is 5.86. The lowest BCUT2D eigenvalue weighted by Gasteiger charge is -2.17. The Morgan fingerprint density at radius 3 is 2.68 bits per heavy atom. The standard InChI is InChI=1S/C22H25N3O2S/c1-17-8-2-5-11-20(17)27-14-15-28-22-23-18-9-3-4-10-19(18)25(22)16-21(26)24-12-6-7-13-24/h2-5,8-11H,6-7,12-16H2,1H3. The van der Waals surface area contributed by atoms with Gasteiger partial charge in [0.05, 0.1) is 17.6 Å². The van der Waals surface area contributed by atoms with E-state index in [9.17, 15) is 4.79 Å². The molecule has 1 aliphatic rings. The summed E-state index contributed by atoms with van der Waals surface area (Å²) in [6, 6.07) is 16.0. The molecule has 0 aliphatic carbocycles. The van der Waals surface area contributed by atoms with Gasteiger partial charge in [-0.15, -0.1) is 0 Å². The molecule has 1 fully saturated rings. The topological polar surface area (TPSA) is 47.4 Å². The number of carbonyl (C=O) groups is 1. The number of carbonyl (C=O) groups excluding carboxylic acids is 1. The van der Waals surface area contributed by atoms with Gasteiger partial charge < -0.3 is 14.2 Å². The molecule has 2 aromatic carbocycles. The zero-order valence-electron chi connectivity index (χ0n) is 16.1. The lowest BCUT2D eigenvalue weighted by Crippen LogP contribution is -2.31. The van der Waals surface area contributed by atoms with Crippen molar-refractivity contribution < 1.29 is 9.53 Å². The van der Waals surface area contributed by atoms with E-state index in [0.717, 1.165) is 59.2 Å². The van der Waals surface area contributed by atoms with Crippen molar-refractivity contribution in [1.29, 1.82) is 0 Å². The zero-order valence-corrected chi connectivity index (χ0v) is 17.0. The fourth-order valence-corrected chi connectivity index (χ4v) is 4.35. The number of aryl methyl sites for hydroxylation is 1. The number of rotatable bonds is 7. The van der Waals surface area contributed by atoms with Gasteiger partial charge in [-0.05, 0) is 43.5 Å². The van der Waals surface area contributed by atoms with E-state index in [1.807, 2.05) is 60.4 Å². The molecule has 146 valence electrons. The SMILES string of the molecule is Cc1ccccc1OCCSc1nc2ccccc2n1CC(=O)N1CCCC1. The first kappa shape index (κ1) is 18.9. The number of imidazole rings is 1. The van der Waals surface area contributed by atoms with Gasteiger partial charge in [0.15, 0.2) is 5.16 Å². The lowest BCUT2D eigenvalue weighted by molar-refractivity contribution is -0.130. The number of hydrogen-bond donors (Lipinski definition) is 0. The second kappa shape index (κ2) is 8.69. The van der Waals surface area contributed by atoms with Crippen LogP contribution in [0.3, 0.4) is 0 Å². The number of amides is 1. The Labute approximate surface area is 169 Å². The highest BCUT2D eigenvalue weighted by Gasteiger charge is 2.21. The minimum absolute atomic E-state index is 0.179. The molecule has 28 heavy (non-hydrogen) atoms. The minimum atomic E-state index is 0.179. The number of likely N-dealkylation sites (tertiary alicyclic amines) is 1. The number of ether oxygens (including phenoxy) is 1. The van der Waals surface area contributed by atoms with Crippen LogP contribution in [0.4, 0.5) is 0 Å². The molecule has 1 saturated heterocycles. The van der Waals surface area contributed by atoms with Crippen molar-refractivity contribution in [3.63, 3.8) is 0 Å². The Morgan fingerprint density at radius 2 is 1.86 bits per heavy atom. The van der Waals surface area contributed by atoms with Crippen LogP contribution < -0.4 is 4.74 Å². The summed E-state index contributed by atoms with van der Waals surface area (Å²) in [5.74, 6) is 1.87. The van der Waals surface area contributed by atoms with E-state index >= 15 is 0 Å². The first-order valence-corrected chi connectivity index (χ1v) is 10.8. The van der Waals surface area contributed by atoms with Crippen LogP contribution in [0.15, 0.2) is 53.7 Å². The molecule has 0 N–H and O–H groups in total. The normalized spacial score (nSPS) is 14.0. The van der Waals surface area contributed by atoms with Gasteiger partial charge in [0.25, 0.3) is 0 Å². The van der Waals surface area contributed by atoms with Crippen molar-refractivity contribution in [2.75, 3.05) is 25.4 Å². The highest BCUT2D eigenvalue weighted by atomic mass is 32.2. The summed E-state index contributed by atoms with van der Waals surface area (Å²) in [6.45, 7) is 4.74. The monoisotopic (exact) mass is 395 g/mol. The molecule has 0 atom stereocenters. The van der Waals surface area contributed by atoms with Crippen LogP contribution in [0.25, 0.3) is 11.0 Å². The molecule has 2 heterocycles. The third-order valence-corrected chi connectivity index (χ3v) is 5.98. The number of fused-ring (bicyclic) bond motifs is 1. The number of thioether (sulfide) groups is 1. The fraction of sp³-hybridized carbons (Fsp3) is 0.364. The minimum Gasteiger partial charge on any atom is -0.492 e. The van der Waals surface area contributed by atoms with E-state index in [2.05, 4.69) is 4.57 Å². The maximum Gasteiger partial charge on any atom is 0.242 e. The van der Waals surface area contributed by atoms with Gasteiger partial charge in [0.1, 0.15) is 12.3 Å². The van der Waals surface area contributed by atoms with E-state index in [0.29, 0.717) is 13.2 Å².